The van der Waals surface area contributed by atoms with E-state index in [2.05, 4.69) is 15.3 Å². The maximum atomic E-state index is 13.3. The maximum Gasteiger partial charge on any atom is 0.247 e. The van der Waals surface area contributed by atoms with E-state index in [1.807, 2.05) is 0 Å². The third kappa shape index (κ3) is 3.15. The van der Waals surface area contributed by atoms with Crippen molar-refractivity contribution in [2.75, 3.05) is 6.26 Å². The van der Waals surface area contributed by atoms with Crippen molar-refractivity contribution in [1.29, 1.82) is 0 Å². The molecule has 0 amide bonds. The molecular formula is C17H13FN5O3S-. The van der Waals surface area contributed by atoms with Gasteiger partial charge in [0.2, 0.25) is 15.0 Å². The number of nitrogens with zero attached hydrogens (tertiary/aromatic N) is 4. The van der Waals surface area contributed by atoms with Crippen molar-refractivity contribution in [2.45, 2.75) is 5.16 Å². The Morgan fingerprint density at radius 1 is 1.15 bits per heavy atom. The third-order valence-corrected chi connectivity index (χ3v) is 4.80. The van der Waals surface area contributed by atoms with Crippen LogP contribution in [-0.2, 0) is 9.84 Å². The molecule has 0 spiro atoms. The van der Waals surface area contributed by atoms with E-state index in [4.69, 9.17) is 0 Å². The number of sulfone groups is 1. The van der Waals surface area contributed by atoms with Gasteiger partial charge in [-0.15, -0.1) is 0 Å². The van der Waals surface area contributed by atoms with Crippen molar-refractivity contribution < 1.29 is 12.8 Å². The van der Waals surface area contributed by atoms with Gasteiger partial charge in [-0.25, -0.2) is 22.8 Å². The number of benzene rings is 1. The van der Waals surface area contributed by atoms with E-state index < -0.39 is 9.84 Å². The zero-order valence-electron chi connectivity index (χ0n) is 14.0. The summed E-state index contributed by atoms with van der Waals surface area (Å²) >= 11 is 0. The fraction of sp³-hybridized carbons (Fsp3) is 0.0588. The average Bonchev–Trinajstić information content (AvgIpc) is 3.00. The Balaban J connectivity index is 1.92. The monoisotopic (exact) mass is 386 g/mol. The van der Waals surface area contributed by atoms with Gasteiger partial charge in [-0.1, -0.05) is 0 Å². The molecule has 2 aromatic rings. The lowest BCUT2D eigenvalue weighted by atomic mass is 10.1. The molecule has 1 N–H and O–H groups in total. The SMILES string of the molecule is CS(=O)(=O)c1nccc(C2=C(c3ccc(F)cc3)NC3=CN([O-])C=CN32)n1. The summed E-state index contributed by atoms with van der Waals surface area (Å²) in [5.41, 5.74) is 2.06. The van der Waals surface area contributed by atoms with Gasteiger partial charge in [0.1, 0.15) is 11.6 Å². The van der Waals surface area contributed by atoms with Crippen LogP contribution in [0, 0.1) is 11.0 Å². The molecule has 2 aliphatic heterocycles. The first kappa shape index (κ1) is 17.2. The standard InChI is InChI=1S/C17H13FN5O3S/c1-27(25,26)17-19-7-6-13(20-17)16-15(11-2-4-12(18)5-3-11)21-14-10-22(24)8-9-23(14)16/h2-10,21H,1H3/q-1. The van der Waals surface area contributed by atoms with E-state index in [0.29, 0.717) is 33.5 Å². The zero-order chi connectivity index (χ0) is 19.2. The fourth-order valence-electron chi connectivity index (χ4n) is 2.76. The van der Waals surface area contributed by atoms with Gasteiger partial charge in [0.25, 0.3) is 0 Å². The molecule has 0 saturated heterocycles. The number of hydrogen-bond donors (Lipinski definition) is 1. The average molecular weight is 386 g/mol. The normalized spacial score (nSPS) is 16.3. The Labute approximate surface area is 154 Å². The van der Waals surface area contributed by atoms with Crippen LogP contribution in [-0.4, -0.2) is 34.6 Å². The van der Waals surface area contributed by atoms with Gasteiger partial charge in [-0.2, -0.15) is 0 Å². The second kappa shape index (κ2) is 6.18. The minimum atomic E-state index is -3.60. The minimum Gasteiger partial charge on any atom is -0.754 e. The number of fused-ring (bicyclic) bond motifs is 1. The van der Waals surface area contributed by atoms with Crippen molar-refractivity contribution >= 4 is 21.2 Å². The van der Waals surface area contributed by atoms with Gasteiger partial charge >= 0.3 is 0 Å². The molecule has 3 heterocycles. The minimum absolute atomic E-state index is 0.310. The summed E-state index contributed by atoms with van der Waals surface area (Å²) in [4.78, 5) is 9.64. The number of hydroxylamine groups is 2. The molecule has 138 valence electrons. The van der Waals surface area contributed by atoms with Crippen LogP contribution < -0.4 is 5.32 Å². The van der Waals surface area contributed by atoms with Crippen LogP contribution in [0.1, 0.15) is 11.3 Å². The molecule has 0 saturated carbocycles. The largest absolute Gasteiger partial charge is 0.754 e. The quantitative estimate of drug-likeness (QED) is 0.798. The first-order valence-corrected chi connectivity index (χ1v) is 9.67. The third-order valence-electron chi connectivity index (χ3n) is 3.94. The van der Waals surface area contributed by atoms with E-state index in [9.17, 15) is 18.0 Å². The lowest BCUT2D eigenvalue weighted by molar-refractivity contribution is 0.545. The van der Waals surface area contributed by atoms with Crippen LogP contribution in [0.2, 0.25) is 0 Å². The Bertz CT molecular complexity index is 1110. The highest BCUT2D eigenvalue weighted by atomic mass is 32.2. The molecule has 0 bridgehead atoms. The molecule has 0 fully saturated rings. The lowest BCUT2D eigenvalue weighted by Gasteiger charge is -2.30. The van der Waals surface area contributed by atoms with E-state index in [1.54, 1.807) is 23.1 Å². The van der Waals surface area contributed by atoms with Crippen molar-refractivity contribution in [2.24, 2.45) is 0 Å². The highest BCUT2D eigenvalue weighted by Crippen LogP contribution is 2.37. The molecule has 0 aliphatic carbocycles. The number of nitrogens with one attached hydrogen (secondary N) is 1. The molecule has 1 aromatic heterocycles. The molecule has 0 unspecified atom stereocenters. The maximum absolute atomic E-state index is 13.3. The molecule has 10 heteroatoms. The van der Waals surface area contributed by atoms with Crippen LogP contribution in [0.15, 0.2) is 66.1 Å². The summed E-state index contributed by atoms with van der Waals surface area (Å²) in [7, 11) is -3.60. The van der Waals surface area contributed by atoms with E-state index in [1.165, 1.54) is 36.9 Å². The van der Waals surface area contributed by atoms with Gasteiger partial charge in [0.05, 0.1) is 17.1 Å². The van der Waals surface area contributed by atoms with E-state index in [-0.39, 0.29) is 11.0 Å². The Kier molecular flexibility index (Phi) is 3.93. The van der Waals surface area contributed by atoms with Gasteiger partial charge in [0.15, 0.2) is 0 Å². The summed E-state index contributed by atoms with van der Waals surface area (Å²) in [6.07, 6.45) is 6.54. The van der Waals surface area contributed by atoms with Gasteiger partial charge in [0, 0.05) is 36.6 Å². The van der Waals surface area contributed by atoms with Crippen LogP contribution in [0.25, 0.3) is 11.4 Å². The Hall–Kier alpha value is -3.24. The summed E-state index contributed by atoms with van der Waals surface area (Å²) in [6.45, 7) is 0. The topological polar surface area (TPSA) is 101 Å². The predicted molar refractivity (Wildman–Crippen MR) is 95.8 cm³/mol. The summed E-state index contributed by atoms with van der Waals surface area (Å²) in [5, 5.41) is 15.1. The van der Waals surface area contributed by atoms with Crippen molar-refractivity contribution in [1.82, 2.24) is 25.2 Å². The molecule has 0 atom stereocenters. The molecule has 0 radical (unpaired) electrons. The smallest absolute Gasteiger partial charge is 0.247 e. The molecule has 8 nitrogen and oxygen atoms in total. The van der Waals surface area contributed by atoms with Crippen LogP contribution in [0.5, 0.6) is 0 Å². The highest BCUT2D eigenvalue weighted by molar-refractivity contribution is 7.90. The van der Waals surface area contributed by atoms with Crippen molar-refractivity contribution in [3.8, 4) is 0 Å². The summed E-state index contributed by atoms with van der Waals surface area (Å²) < 4.78 is 37.0. The Morgan fingerprint density at radius 2 is 1.89 bits per heavy atom. The number of rotatable bonds is 3. The first-order valence-electron chi connectivity index (χ1n) is 7.78. The second-order valence-corrected chi connectivity index (χ2v) is 7.80. The highest BCUT2D eigenvalue weighted by Gasteiger charge is 2.30. The predicted octanol–water partition coefficient (Wildman–Crippen LogP) is 1.83. The lowest BCUT2D eigenvalue weighted by Crippen LogP contribution is -2.23. The van der Waals surface area contributed by atoms with Crippen LogP contribution >= 0.6 is 0 Å². The molecule has 27 heavy (non-hydrogen) atoms. The Morgan fingerprint density at radius 3 is 2.59 bits per heavy atom. The number of hydrogen-bond acceptors (Lipinski definition) is 8. The first-order chi connectivity index (χ1) is 12.8. The van der Waals surface area contributed by atoms with Crippen molar-refractivity contribution in [3.05, 3.63) is 83.2 Å². The molecule has 4 rings (SSSR count). The molecule has 2 aliphatic rings. The van der Waals surface area contributed by atoms with Crippen LogP contribution in [0.3, 0.4) is 0 Å². The van der Waals surface area contributed by atoms with Gasteiger partial charge < -0.3 is 15.6 Å². The van der Waals surface area contributed by atoms with E-state index >= 15 is 0 Å². The van der Waals surface area contributed by atoms with Gasteiger partial charge in [-0.3, -0.25) is 4.90 Å². The second-order valence-electron chi connectivity index (χ2n) is 5.89. The molecular weight excluding hydrogens is 373 g/mol. The fourth-order valence-corrected chi connectivity index (χ4v) is 3.28. The summed E-state index contributed by atoms with van der Waals surface area (Å²) in [5.74, 6) is 0.0733. The zero-order valence-corrected chi connectivity index (χ0v) is 14.8. The molecule has 1 aromatic carbocycles. The van der Waals surface area contributed by atoms with Crippen molar-refractivity contribution in [3.63, 3.8) is 0 Å². The number of aromatic nitrogens is 2. The van der Waals surface area contributed by atoms with Crippen LogP contribution in [0.4, 0.5) is 4.39 Å². The number of halogens is 1. The van der Waals surface area contributed by atoms with Gasteiger partial charge in [-0.05, 0) is 30.3 Å². The summed E-state index contributed by atoms with van der Waals surface area (Å²) in [6, 6.07) is 7.34. The van der Waals surface area contributed by atoms with E-state index in [0.717, 1.165) is 6.26 Å².